The van der Waals surface area contributed by atoms with Crippen molar-refractivity contribution in [1.29, 1.82) is 0 Å². The molecule has 0 fully saturated rings. The van der Waals surface area contributed by atoms with Gasteiger partial charge in [-0.2, -0.15) is 0 Å². The van der Waals surface area contributed by atoms with Gasteiger partial charge in [0.1, 0.15) is 5.75 Å². The summed E-state index contributed by atoms with van der Waals surface area (Å²) in [6, 6.07) is 11.1. The standard InChI is InChI=1S/C22H25NO6/c1-14(24)29-13-21(25)23-10-9-16-11-19(27-3)20(28-4)12-18(16)22(23)15-5-7-17(26-2)8-6-15/h5-8,11-12,22H,9-10,13H2,1-4H3/t22-/m0/s1. The van der Waals surface area contributed by atoms with E-state index >= 15 is 0 Å². The maximum absolute atomic E-state index is 12.9. The Hall–Kier alpha value is -3.22. The van der Waals surface area contributed by atoms with Crippen LogP contribution in [0.1, 0.15) is 29.7 Å². The highest BCUT2D eigenvalue weighted by Gasteiger charge is 2.33. The minimum Gasteiger partial charge on any atom is -0.497 e. The molecule has 0 bridgehead atoms. The van der Waals surface area contributed by atoms with Crippen molar-refractivity contribution in [3.05, 3.63) is 53.1 Å². The third kappa shape index (κ3) is 4.29. The molecule has 7 nitrogen and oxygen atoms in total. The van der Waals surface area contributed by atoms with Gasteiger partial charge in [-0.1, -0.05) is 12.1 Å². The van der Waals surface area contributed by atoms with Crippen molar-refractivity contribution in [1.82, 2.24) is 4.90 Å². The summed E-state index contributed by atoms with van der Waals surface area (Å²) < 4.78 is 21.1. The van der Waals surface area contributed by atoms with Crippen LogP contribution in [-0.4, -0.2) is 51.3 Å². The number of methoxy groups -OCH3 is 3. The lowest BCUT2D eigenvalue weighted by atomic mass is 9.87. The lowest BCUT2D eigenvalue weighted by Gasteiger charge is -2.38. The molecule has 154 valence electrons. The summed E-state index contributed by atoms with van der Waals surface area (Å²) in [5, 5.41) is 0. The van der Waals surface area contributed by atoms with E-state index in [9.17, 15) is 9.59 Å². The van der Waals surface area contributed by atoms with Crippen molar-refractivity contribution in [2.24, 2.45) is 0 Å². The van der Waals surface area contributed by atoms with E-state index in [1.54, 1.807) is 26.2 Å². The lowest BCUT2D eigenvalue weighted by Crippen LogP contribution is -2.42. The molecule has 29 heavy (non-hydrogen) atoms. The molecule has 0 saturated heterocycles. The van der Waals surface area contributed by atoms with E-state index in [0.717, 1.165) is 22.4 Å². The van der Waals surface area contributed by atoms with Crippen molar-refractivity contribution in [2.45, 2.75) is 19.4 Å². The number of hydrogen-bond acceptors (Lipinski definition) is 6. The van der Waals surface area contributed by atoms with Gasteiger partial charge in [-0.3, -0.25) is 9.59 Å². The fraction of sp³-hybridized carbons (Fsp3) is 0.364. The number of ether oxygens (including phenoxy) is 4. The van der Waals surface area contributed by atoms with E-state index < -0.39 is 5.97 Å². The summed E-state index contributed by atoms with van der Waals surface area (Å²) in [4.78, 5) is 25.8. The largest absolute Gasteiger partial charge is 0.497 e. The number of nitrogens with zero attached hydrogens (tertiary/aromatic N) is 1. The molecule has 2 aromatic rings. The van der Waals surface area contributed by atoms with Gasteiger partial charge in [0.25, 0.3) is 5.91 Å². The highest BCUT2D eigenvalue weighted by atomic mass is 16.5. The minimum atomic E-state index is -0.483. The van der Waals surface area contributed by atoms with Crippen molar-refractivity contribution >= 4 is 11.9 Å². The number of benzene rings is 2. The van der Waals surface area contributed by atoms with Crippen LogP contribution in [0, 0.1) is 0 Å². The van der Waals surface area contributed by atoms with E-state index in [0.29, 0.717) is 24.5 Å². The van der Waals surface area contributed by atoms with Gasteiger partial charge in [-0.15, -0.1) is 0 Å². The Morgan fingerprint density at radius 1 is 1.00 bits per heavy atom. The van der Waals surface area contributed by atoms with Crippen molar-refractivity contribution in [2.75, 3.05) is 34.5 Å². The maximum atomic E-state index is 12.9. The molecule has 3 rings (SSSR count). The first-order valence-corrected chi connectivity index (χ1v) is 9.30. The Bertz CT molecular complexity index is 893. The predicted molar refractivity (Wildman–Crippen MR) is 106 cm³/mol. The molecule has 1 aliphatic heterocycles. The van der Waals surface area contributed by atoms with E-state index in [1.165, 1.54) is 6.92 Å². The van der Waals surface area contributed by atoms with Crippen LogP contribution >= 0.6 is 0 Å². The molecule has 2 aromatic carbocycles. The van der Waals surface area contributed by atoms with E-state index in [1.807, 2.05) is 36.4 Å². The van der Waals surface area contributed by atoms with Gasteiger partial charge in [0.05, 0.1) is 27.4 Å². The molecule has 7 heteroatoms. The van der Waals surface area contributed by atoms with E-state index in [-0.39, 0.29) is 18.6 Å². The quantitative estimate of drug-likeness (QED) is 0.696. The van der Waals surface area contributed by atoms with Gasteiger partial charge in [0, 0.05) is 13.5 Å². The zero-order chi connectivity index (χ0) is 21.0. The normalized spacial score (nSPS) is 15.3. The Labute approximate surface area is 170 Å². The molecular formula is C22H25NO6. The molecule has 1 heterocycles. The summed E-state index contributed by atoms with van der Waals surface area (Å²) in [6.45, 7) is 1.50. The summed E-state index contributed by atoms with van der Waals surface area (Å²) in [5.41, 5.74) is 2.96. The fourth-order valence-electron chi connectivity index (χ4n) is 3.61. The molecule has 1 aliphatic rings. The van der Waals surface area contributed by atoms with Crippen LogP contribution in [0.5, 0.6) is 17.2 Å². The summed E-state index contributed by atoms with van der Waals surface area (Å²) in [6.07, 6.45) is 0.661. The Kier molecular flexibility index (Phi) is 6.26. The smallest absolute Gasteiger partial charge is 0.303 e. The molecule has 0 aromatic heterocycles. The van der Waals surface area contributed by atoms with Crippen LogP contribution in [0.4, 0.5) is 0 Å². The second kappa shape index (κ2) is 8.86. The molecule has 0 radical (unpaired) electrons. The molecule has 0 saturated carbocycles. The first-order valence-electron chi connectivity index (χ1n) is 9.30. The van der Waals surface area contributed by atoms with Crippen LogP contribution in [0.3, 0.4) is 0 Å². The fourth-order valence-corrected chi connectivity index (χ4v) is 3.61. The average Bonchev–Trinajstić information content (AvgIpc) is 2.75. The van der Waals surface area contributed by atoms with Crippen LogP contribution in [-0.2, 0) is 20.7 Å². The van der Waals surface area contributed by atoms with Crippen LogP contribution in [0.2, 0.25) is 0 Å². The second-order valence-electron chi connectivity index (χ2n) is 6.70. The number of amides is 1. The zero-order valence-electron chi connectivity index (χ0n) is 17.1. The number of carbonyl (C=O) groups excluding carboxylic acids is 2. The number of hydrogen-bond donors (Lipinski definition) is 0. The lowest BCUT2D eigenvalue weighted by molar-refractivity contribution is -0.151. The number of fused-ring (bicyclic) bond motifs is 1. The Balaban J connectivity index is 2.06. The number of rotatable bonds is 6. The third-order valence-electron chi connectivity index (χ3n) is 5.02. The summed E-state index contributed by atoms with van der Waals surface area (Å²) >= 11 is 0. The average molecular weight is 399 g/mol. The Morgan fingerprint density at radius 2 is 1.66 bits per heavy atom. The molecule has 1 atom stereocenters. The third-order valence-corrected chi connectivity index (χ3v) is 5.02. The minimum absolute atomic E-state index is 0.249. The van der Waals surface area contributed by atoms with Crippen molar-refractivity contribution in [3.63, 3.8) is 0 Å². The van der Waals surface area contributed by atoms with Gasteiger partial charge in [0.2, 0.25) is 0 Å². The van der Waals surface area contributed by atoms with Gasteiger partial charge >= 0.3 is 5.97 Å². The van der Waals surface area contributed by atoms with Gasteiger partial charge in [-0.25, -0.2) is 0 Å². The molecule has 1 amide bonds. The highest BCUT2D eigenvalue weighted by molar-refractivity contribution is 5.81. The molecule has 0 aliphatic carbocycles. The molecule has 0 N–H and O–H groups in total. The topological polar surface area (TPSA) is 74.3 Å². The first-order chi connectivity index (χ1) is 14.0. The zero-order valence-corrected chi connectivity index (χ0v) is 17.1. The van der Waals surface area contributed by atoms with Gasteiger partial charge in [-0.05, 0) is 47.4 Å². The van der Waals surface area contributed by atoms with Gasteiger partial charge < -0.3 is 23.8 Å². The monoisotopic (exact) mass is 399 g/mol. The number of carbonyl (C=O) groups is 2. The molecule has 0 spiro atoms. The van der Waals surface area contributed by atoms with E-state index in [2.05, 4.69) is 0 Å². The van der Waals surface area contributed by atoms with Crippen molar-refractivity contribution < 1.29 is 28.5 Å². The van der Waals surface area contributed by atoms with Crippen LogP contribution in [0.25, 0.3) is 0 Å². The summed E-state index contributed by atoms with van der Waals surface area (Å²) in [7, 11) is 4.79. The molecule has 0 unspecified atom stereocenters. The van der Waals surface area contributed by atoms with Gasteiger partial charge in [0.15, 0.2) is 18.1 Å². The SMILES string of the molecule is COc1ccc([C@H]2c3cc(OC)c(OC)cc3CCN2C(=O)COC(C)=O)cc1. The second-order valence-corrected chi connectivity index (χ2v) is 6.70. The van der Waals surface area contributed by atoms with Crippen LogP contribution < -0.4 is 14.2 Å². The molecular weight excluding hydrogens is 374 g/mol. The summed E-state index contributed by atoms with van der Waals surface area (Å²) in [5.74, 6) is 1.25. The Morgan fingerprint density at radius 3 is 2.24 bits per heavy atom. The maximum Gasteiger partial charge on any atom is 0.303 e. The highest BCUT2D eigenvalue weighted by Crippen LogP contribution is 2.41. The first kappa shape index (κ1) is 20.5. The van der Waals surface area contributed by atoms with Crippen LogP contribution in [0.15, 0.2) is 36.4 Å². The van der Waals surface area contributed by atoms with Crippen molar-refractivity contribution in [3.8, 4) is 17.2 Å². The predicted octanol–water partition coefficient (Wildman–Crippen LogP) is 2.75. The van der Waals surface area contributed by atoms with E-state index in [4.69, 9.17) is 18.9 Å². The number of esters is 1.